The molecule has 0 bridgehead atoms. The summed E-state index contributed by atoms with van der Waals surface area (Å²) in [6.07, 6.45) is 3.14. The second kappa shape index (κ2) is 8.93. The van der Waals surface area contributed by atoms with E-state index in [4.69, 9.17) is 11.6 Å². The molecule has 0 aliphatic rings. The first kappa shape index (κ1) is 20.5. The van der Waals surface area contributed by atoms with Crippen LogP contribution < -0.4 is 9.80 Å². The molecule has 0 saturated heterocycles. The Kier molecular flexibility index (Phi) is 5.91. The summed E-state index contributed by atoms with van der Waals surface area (Å²) in [4.78, 5) is 20.8. The molecule has 0 atom stereocenters. The Balaban J connectivity index is 1.87. The molecule has 0 saturated carbocycles. The molecule has 1 heterocycles. The van der Waals surface area contributed by atoms with Gasteiger partial charge in [0.25, 0.3) is 0 Å². The van der Waals surface area contributed by atoms with Crippen molar-refractivity contribution in [1.29, 1.82) is 0 Å². The van der Waals surface area contributed by atoms with Crippen LogP contribution in [0.25, 0.3) is 0 Å². The third-order valence-corrected chi connectivity index (χ3v) is 4.77. The lowest BCUT2D eigenvalue weighted by Crippen LogP contribution is -2.38. The van der Waals surface area contributed by atoms with Gasteiger partial charge in [-0.3, -0.25) is 14.8 Å². The van der Waals surface area contributed by atoms with Gasteiger partial charge >= 0.3 is 6.03 Å². The van der Waals surface area contributed by atoms with E-state index in [-0.39, 0.29) is 0 Å². The first-order chi connectivity index (χ1) is 15.0. The van der Waals surface area contributed by atoms with Gasteiger partial charge in [0, 0.05) is 17.4 Å². The first-order valence-electron chi connectivity index (χ1n) is 9.34. The van der Waals surface area contributed by atoms with E-state index in [1.165, 1.54) is 58.3 Å². The predicted octanol–water partition coefficient (Wildman–Crippen LogP) is 7.11. The maximum atomic E-state index is 13.9. The highest BCUT2D eigenvalue weighted by Gasteiger charge is 2.27. The summed E-state index contributed by atoms with van der Waals surface area (Å²) in [5.41, 5.74) is 1.91. The Morgan fingerprint density at radius 3 is 1.68 bits per heavy atom. The summed E-state index contributed by atoms with van der Waals surface area (Å²) >= 11 is 6.18. The predicted molar refractivity (Wildman–Crippen MR) is 118 cm³/mol. The highest BCUT2D eigenvalue weighted by molar-refractivity contribution is 6.31. The molecule has 4 aromatic rings. The van der Waals surface area contributed by atoms with E-state index >= 15 is 0 Å². The van der Waals surface area contributed by atoms with Gasteiger partial charge in [0.2, 0.25) is 0 Å². The second-order valence-electron chi connectivity index (χ2n) is 6.59. The molecule has 154 valence electrons. The number of carbonyl (C=O) groups excluding carboxylic acids is 1. The van der Waals surface area contributed by atoms with E-state index in [1.807, 2.05) is 0 Å². The van der Waals surface area contributed by atoms with Crippen LogP contribution in [0, 0.1) is 11.6 Å². The van der Waals surface area contributed by atoms with Crippen molar-refractivity contribution in [3.8, 4) is 0 Å². The number of benzene rings is 3. The normalized spacial score (nSPS) is 10.5. The number of pyridine rings is 1. The van der Waals surface area contributed by atoms with Crippen molar-refractivity contribution in [3.05, 3.63) is 114 Å². The van der Waals surface area contributed by atoms with E-state index in [1.54, 1.807) is 48.8 Å². The summed E-state index contributed by atoms with van der Waals surface area (Å²) in [7, 11) is 0. The third kappa shape index (κ3) is 4.54. The lowest BCUT2D eigenvalue weighted by Gasteiger charge is -2.31. The number of anilines is 4. The molecule has 1 aromatic heterocycles. The van der Waals surface area contributed by atoms with Crippen LogP contribution in [0.2, 0.25) is 5.02 Å². The van der Waals surface area contributed by atoms with Crippen LogP contribution in [0.1, 0.15) is 0 Å². The fourth-order valence-corrected chi connectivity index (χ4v) is 3.31. The number of amides is 2. The van der Waals surface area contributed by atoms with E-state index < -0.39 is 17.7 Å². The maximum absolute atomic E-state index is 13.9. The van der Waals surface area contributed by atoms with E-state index in [9.17, 15) is 13.6 Å². The number of nitrogens with zero attached hydrogens (tertiary/aromatic N) is 3. The molecule has 0 radical (unpaired) electrons. The van der Waals surface area contributed by atoms with E-state index in [0.717, 1.165) is 0 Å². The number of hydrogen-bond acceptors (Lipinski definition) is 2. The summed E-state index contributed by atoms with van der Waals surface area (Å²) in [5, 5.41) is 0.458. The lowest BCUT2D eigenvalue weighted by atomic mass is 10.2. The average molecular weight is 436 g/mol. The van der Waals surface area contributed by atoms with Crippen LogP contribution in [0.5, 0.6) is 0 Å². The summed E-state index contributed by atoms with van der Waals surface area (Å²) in [5.74, 6) is -0.868. The van der Waals surface area contributed by atoms with Gasteiger partial charge < -0.3 is 0 Å². The molecular formula is C24H16ClF2N3O. The quantitative estimate of drug-likeness (QED) is 0.342. The number of rotatable bonds is 4. The van der Waals surface area contributed by atoms with Crippen molar-refractivity contribution >= 4 is 40.4 Å². The van der Waals surface area contributed by atoms with Crippen molar-refractivity contribution < 1.29 is 13.6 Å². The topological polar surface area (TPSA) is 36.4 Å². The van der Waals surface area contributed by atoms with Crippen molar-refractivity contribution in [2.24, 2.45) is 0 Å². The SMILES string of the molecule is O=C(N(c1ccc(F)cc1)c1ccc(F)cc1)N(c1ccncc1)c1cccc(Cl)c1. The van der Waals surface area contributed by atoms with Gasteiger partial charge in [-0.1, -0.05) is 17.7 Å². The number of aromatic nitrogens is 1. The second-order valence-corrected chi connectivity index (χ2v) is 7.03. The van der Waals surface area contributed by atoms with Crippen molar-refractivity contribution in [3.63, 3.8) is 0 Å². The van der Waals surface area contributed by atoms with Crippen molar-refractivity contribution in [2.75, 3.05) is 9.80 Å². The maximum Gasteiger partial charge on any atom is 0.338 e. The summed E-state index contributed by atoms with van der Waals surface area (Å²) in [6, 6.07) is 20.7. The average Bonchev–Trinajstić information content (AvgIpc) is 2.78. The van der Waals surface area contributed by atoms with Gasteiger partial charge in [-0.25, -0.2) is 13.6 Å². The largest absolute Gasteiger partial charge is 0.338 e. The lowest BCUT2D eigenvalue weighted by molar-refractivity contribution is 0.255. The van der Waals surface area contributed by atoms with Crippen LogP contribution in [0.15, 0.2) is 97.3 Å². The monoisotopic (exact) mass is 435 g/mol. The van der Waals surface area contributed by atoms with Gasteiger partial charge in [-0.15, -0.1) is 0 Å². The Labute approximate surface area is 183 Å². The fraction of sp³-hybridized carbons (Fsp3) is 0. The molecule has 0 fully saturated rings. The number of urea groups is 1. The van der Waals surface area contributed by atoms with Crippen LogP contribution >= 0.6 is 11.6 Å². The smallest absolute Gasteiger partial charge is 0.265 e. The van der Waals surface area contributed by atoms with Crippen LogP contribution in [-0.4, -0.2) is 11.0 Å². The molecule has 4 nitrogen and oxygen atoms in total. The Hall–Kier alpha value is -3.77. The standard InChI is InChI=1S/C24H16ClF2N3O/c25-17-2-1-3-23(16-17)30(22-12-14-28-15-13-22)24(31)29(20-8-4-18(26)5-9-20)21-10-6-19(27)7-11-21/h1-16H. The number of halogens is 3. The van der Waals surface area contributed by atoms with Gasteiger partial charge in [-0.05, 0) is 78.9 Å². The minimum Gasteiger partial charge on any atom is -0.265 e. The molecule has 2 amide bonds. The molecule has 0 aliphatic carbocycles. The molecular weight excluding hydrogens is 420 g/mol. The Morgan fingerprint density at radius 2 is 1.16 bits per heavy atom. The Morgan fingerprint density at radius 1 is 0.677 bits per heavy atom. The highest BCUT2D eigenvalue weighted by Crippen LogP contribution is 2.34. The number of carbonyl (C=O) groups is 1. The van der Waals surface area contributed by atoms with Crippen molar-refractivity contribution in [1.82, 2.24) is 4.98 Å². The minimum atomic E-state index is -0.466. The van der Waals surface area contributed by atoms with Gasteiger partial charge in [-0.2, -0.15) is 0 Å². The number of hydrogen-bond donors (Lipinski definition) is 0. The molecule has 3 aromatic carbocycles. The van der Waals surface area contributed by atoms with Gasteiger partial charge in [0.05, 0.1) is 22.7 Å². The zero-order valence-electron chi connectivity index (χ0n) is 16.1. The zero-order valence-corrected chi connectivity index (χ0v) is 16.9. The van der Waals surface area contributed by atoms with Gasteiger partial charge in [0.15, 0.2) is 0 Å². The van der Waals surface area contributed by atoms with Gasteiger partial charge in [0.1, 0.15) is 11.6 Å². The van der Waals surface area contributed by atoms with Crippen molar-refractivity contribution in [2.45, 2.75) is 0 Å². The first-order valence-corrected chi connectivity index (χ1v) is 9.72. The molecule has 7 heteroatoms. The molecule has 0 N–H and O–H groups in total. The van der Waals surface area contributed by atoms with E-state index in [0.29, 0.717) is 27.8 Å². The molecule has 4 rings (SSSR count). The molecule has 31 heavy (non-hydrogen) atoms. The summed E-state index contributed by atoms with van der Waals surface area (Å²) < 4.78 is 27.1. The van der Waals surface area contributed by atoms with Crippen LogP contribution in [0.4, 0.5) is 36.3 Å². The highest BCUT2D eigenvalue weighted by atomic mass is 35.5. The van der Waals surface area contributed by atoms with Crippen LogP contribution in [0.3, 0.4) is 0 Å². The minimum absolute atomic E-state index is 0.416. The van der Waals surface area contributed by atoms with Crippen LogP contribution in [-0.2, 0) is 0 Å². The Bertz CT molecular complexity index is 1140. The molecule has 0 spiro atoms. The third-order valence-electron chi connectivity index (χ3n) is 4.54. The zero-order chi connectivity index (χ0) is 21.8. The molecule has 0 aliphatic heterocycles. The van der Waals surface area contributed by atoms with E-state index in [2.05, 4.69) is 4.98 Å². The fourth-order valence-electron chi connectivity index (χ4n) is 3.13. The summed E-state index contributed by atoms with van der Waals surface area (Å²) in [6.45, 7) is 0. The molecule has 0 unspecified atom stereocenters.